The molecule has 6 heteroatoms. The summed E-state index contributed by atoms with van der Waals surface area (Å²) in [5.41, 5.74) is 1.23. The van der Waals surface area contributed by atoms with Gasteiger partial charge in [0.15, 0.2) is 5.43 Å². The van der Waals surface area contributed by atoms with Crippen LogP contribution in [0.2, 0.25) is 0 Å². The Morgan fingerprint density at radius 2 is 1.95 bits per heavy atom. The Morgan fingerprint density at radius 1 is 1.21 bits per heavy atom. The van der Waals surface area contributed by atoms with Gasteiger partial charge in [0, 0.05) is 29.1 Å². The Balaban J connectivity index is 2.37. The van der Waals surface area contributed by atoms with E-state index in [-0.39, 0.29) is 11.2 Å². The monoisotopic (exact) mass is 269 g/mol. The van der Waals surface area contributed by atoms with E-state index < -0.39 is 6.36 Å². The quantitative estimate of drug-likeness (QED) is 0.909. The van der Waals surface area contributed by atoms with E-state index in [0.29, 0.717) is 16.8 Å². The Kier molecular flexibility index (Phi) is 3.33. The van der Waals surface area contributed by atoms with Crippen molar-refractivity contribution < 1.29 is 17.9 Å². The fourth-order valence-corrected chi connectivity index (χ4v) is 1.57. The number of aromatic amines is 1. The number of nitrogens with one attached hydrogen (secondary N) is 1. The summed E-state index contributed by atoms with van der Waals surface area (Å²) in [6.45, 7) is 1.64. The first kappa shape index (κ1) is 13.2. The molecule has 0 saturated carbocycles. The normalized spacial score (nSPS) is 11.4. The van der Waals surface area contributed by atoms with Crippen molar-refractivity contribution in [1.82, 2.24) is 4.98 Å². The molecular formula is C13H10F3NO2. The zero-order chi connectivity index (χ0) is 14.0. The number of halogens is 3. The fraction of sp³-hybridized carbons (Fsp3) is 0.154. The van der Waals surface area contributed by atoms with Gasteiger partial charge in [0.2, 0.25) is 0 Å². The maximum atomic E-state index is 12.1. The minimum Gasteiger partial charge on any atom is -0.406 e. The van der Waals surface area contributed by atoms with Crippen molar-refractivity contribution in [3.8, 4) is 17.0 Å². The summed E-state index contributed by atoms with van der Waals surface area (Å²) < 4.78 is 40.2. The zero-order valence-corrected chi connectivity index (χ0v) is 9.91. The molecule has 0 fully saturated rings. The summed E-state index contributed by atoms with van der Waals surface area (Å²) in [6, 6.07) is 6.76. The molecule has 2 rings (SSSR count). The van der Waals surface area contributed by atoms with Crippen molar-refractivity contribution in [2.24, 2.45) is 0 Å². The number of aromatic nitrogens is 1. The van der Waals surface area contributed by atoms with Crippen LogP contribution in [-0.4, -0.2) is 11.3 Å². The van der Waals surface area contributed by atoms with E-state index in [1.807, 2.05) is 0 Å². The van der Waals surface area contributed by atoms with E-state index in [2.05, 4.69) is 9.72 Å². The van der Waals surface area contributed by atoms with Crippen molar-refractivity contribution in [2.75, 3.05) is 0 Å². The molecule has 0 atom stereocenters. The highest BCUT2D eigenvalue weighted by Gasteiger charge is 2.31. The molecule has 0 unspecified atom stereocenters. The predicted molar refractivity (Wildman–Crippen MR) is 63.9 cm³/mol. The van der Waals surface area contributed by atoms with Gasteiger partial charge in [-0.1, -0.05) is 12.1 Å². The molecular weight excluding hydrogens is 259 g/mol. The number of benzene rings is 1. The number of hydrogen-bond acceptors (Lipinski definition) is 2. The smallest absolute Gasteiger partial charge is 0.406 e. The number of aryl methyl sites for hydroxylation is 1. The molecule has 1 N–H and O–H groups in total. The van der Waals surface area contributed by atoms with Gasteiger partial charge >= 0.3 is 6.36 Å². The molecule has 1 heterocycles. The molecule has 100 valence electrons. The van der Waals surface area contributed by atoms with Gasteiger partial charge in [-0.15, -0.1) is 13.2 Å². The standard InChI is InChI=1S/C13H10F3NO2/c1-8-7-17-11(6-12(8)18)9-3-2-4-10(5-9)19-13(14,15)16/h2-7H,1H3,(H,17,18). The van der Waals surface area contributed by atoms with Gasteiger partial charge in [-0.05, 0) is 19.1 Å². The number of hydrogen-bond donors (Lipinski definition) is 1. The SMILES string of the molecule is Cc1c[nH]c(-c2cccc(OC(F)(F)F)c2)cc1=O. The maximum absolute atomic E-state index is 12.1. The van der Waals surface area contributed by atoms with Gasteiger partial charge in [-0.25, -0.2) is 0 Å². The van der Waals surface area contributed by atoms with Crippen molar-refractivity contribution in [3.05, 3.63) is 52.3 Å². The largest absolute Gasteiger partial charge is 0.573 e. The van der Waals surface area contributed by atoms with Crippen LogP contribution in [0.3, 0.4) is 0 Å². The molecule has 0 spiro atoms. The van der Waals surface area contributed by atoms with Crippen LogP contribution in [0.25, 0.3) is 11.3 Å². The molecule has 0 aliphatic carbocycles. The van der Waals surface area contributed by atoms with Crippen LogP contribution in [0.4, 0.5) is 13.2 Å². The van der Waals surface area contributed by atoms with Crippen molar-refractivity contribution in [1.29, 1.82) is 0 Å². The summed E-state index contributed by atoms with van der Waals surface area (Å²) >= 11 is 0. The Morgan fingerprint density at radius 3 is 2.58 bits per heavy atom. The summed E-state index contributed by atoms with van der Waals surface area (Å²) in [7, 11) is 0. The first-order valence-corrected chi connectivity index (χ1v) is 5.41. The molecule has 2 aromatic rings. The second-order valence-electron chi connectivity index (χ2n) is 3.97. The van der Waals surface area contributed by atoms with Gasteiger partial charge in [0.25, 0.3) is 0 Å². The zero-order valence-electron chi connectivity index (χ0n) is 9.91. The van der Waals surface area contributed by atoms with E-state index in [1.54, 1.807) is 13.0 Å². The van der Waals surface area contributed by atoms with Gasteiger partial charge in [0.1, 0.15) is 5.75 Å². The summed E-state index contributed by atoms with van der Waals surface area (Å²) in [5.74, 6) is -0.327. The molecule has 0 bridgehead atoms. The average Bonchev–Trinajstić information content (AvgIpc) is 2.31. The van der Waals surface area contributed by atoms with Gasteiger partial charge in [-0.3, -0.25) is 4.79 Å². The molecule has 1 aromatic carbocycles. The fourth-order valence-electron chi connectivity index (χ4n) is 1.57. The van der Waals surface area contributed by atoms with Crippen molar-refractivity contribution in [3.63, 3.8) is 0 Å². The average molecular weight is 269 g/mol. The topological polar surface area (TPSA) is 42.1 Å². The molecule has 3 nitrogen and oxygen atoms in total. The lowest BCUT2D eigenvalue weighted by molar-refractivity contribution is -0.274. The van der Waals surface area contributed by atoms with Gasteiger partial charge < -0.3 is 9.72 Å². The lowest BCUT2D eigenvalue weighted by Gasteiger charge is -2.10. The highest BCUT2D eigenvalue weighted by atomic mass is 19.4. The number of pyridine rings is 1. The minimum absolute atomic E-state index is 0.184. The Hall–Kier alpha value is -2.24. The summed E-state index contributed by atoms with van der Waals surface area (Å²) in [5, 5.41) is 0. The van der Waals surface area contributed by atoms with E-state index in [1.165, 1.54) is 30.5 Å². The Bertz CT molecular complexity index is 647. The highest BCUT2D eigenvalue weighted by Crippen LogP contribution is 2.26. The second kappa shape index (κ2) is 4.79. The van der Waals surface area contributed by atoms with Crippen molar-refractivity contribution in [2.45, 2.75) is 13.3 Å². The van der Waals surface area contributed by atoms with E-state index in [9.17, 15) is 18.0 Å². The molecule has 0 saturated heterocycles. The molecule has 0 aliphatic heterocycles. The molecule has 0 aliphatic rings. The van der Waals surface area contributed by atoms with E-state index in [4.69, 9.17) is 0 Å². The number of ether oxygens (including phenoxy) is 1. The predicted octanol–water partition coefficient (Wildman–Crippen LogP) is 3.25. The maximum Gasteiger partial charge on any atom is 0.573 e. The van der Waals surface area contributed by atoms with Crippen LogP contribution in [0.1, 0.15) is 5.56 Å². The van der Waals surface area contributed by atoms with Crippen LogP contribution >= 0.6 is 0 Å². The van der Waals surface area contributed by atoms with Crippen LogP contribution in [0.5, 0.6) is 5.75 Å². The van der Waals surface area contributed by atoms with Crippen LogP contribution in [0.15, 0.2) is 41.3 Å². The minimum atomic E-state index is -4.74. The third kappa shape index (κ3) is 3.37. The molecule has 0 radical (unpaired) electrons. The summed E-state index contributed by atoms with van der Waals surface area (Å²) in [6.07, 6.45) is -3.23. The van der Waals surface area contributed by atoms with Gasteiger partial charge in [0.05, 0.1) is 0 Å². The van der Waals surface area contributed by atoms with Gasteiger partial charge in [-0.2, -0.15) is 0 Å². The highest BCUT2D eigenvalue weighted by molar-refractivity contribution is 5.61. The first-order chi connectivity index (χ1) is 8.85. The van der Waals surface area contributed by atoms with Crippen molar-refractivity contribution >= 4 is 0 Å². The summed E-state index contributed by atoms with van der Waals surface area (Å²) in [4.78, 5) is 14.3. The molecule has 0 amide bonds. The van der Waals surface area contributed by atoms with Crippen LogP contribution < -0.4 is 10.2 Å². The lowest BCUT2D eigenvalue weighted by atomic mass is 10.1. The lowest BCUT2D eigenvalue weighted by Crippen LogP contribution is -2.17. The van der Waals surface area contributed by atoms with Crippen LogP contribution in [0, 0.1) is 6.92 Å². The van der Waals surface area contributed by atoms with Crippen LogP contribution in [-0.2, 0) is 0 Å². The van der Waals surface area contributed by atoms with E-state index >= 15 is 0 Å². The second-order valence-corrected chi connectivity index (χ2v) is 3.97. The number of H-pyrrole nitrogens is 1. The van der Waals surface area contributed by atoms with E-state index in [0.717, 1.165) is 0 Å². The molecule has 1 aromatic heterocycles. The molecule has 19 heavy (non-hydrogen) atoms. The Labute approximate surface area is 106 Å². The number of rotatable bonds is 2. The first-order valence-electron chi connectivity index (χ1n) is 5.41. The third-order valence-corrected chi connectivity index (χ3v) is 2.49. The number of alkyl halides is 3. The third-order valence-electron chi connectivity index (χ3n) is 2.49.